The summed E-state index contributed by atoms with van der Waals surface area (Å²) in [7, 11) is 0. The molecule has 0 saturated heterocycles. The lowest BCUT2D eigenvalue weighted by Gasteiger charge is -2.06. The predicted molar refractivity (Wildman–Crippen MR) is 283 cm³/mol. The van der Waals surface area contributed by atoms with Crippen LogP contribution in [0.25, 0.3) is 44.8 Å². The van der Waals surface area contributed by atoms with Crippen molar-refractivity contribution in [3.05, 3.63) is 192 Å². The largest absolute Gasteiger partial charge is 0.270 e. The molecule has 0 amide bonds. The minimum atomic E-state index is 0.308. The van der Waals surface area contributed by atoms with E-state index in [1.54, 1.807) is 21.8 Å². The number of aryl methyl sites for hydroxylation is 2. The van der Waals surface area contributed by atoms with Crippen LogP contribution < -0.4 is 0 Å². The highest BCUT2D eigenvalue weighted by molar-refractivity contribution is 5.80. The van der Waals surface area contributed by atoms with Gasteiger partial charge in [0.05, 0.1) is 36.2 Å². The number of hydrogen-bond acceptors (Lipinski definition) is 6. The highest BCUT2D eigenvalue weighted by Gasteiger charge is 2.14. The first-order chi connectivity index (χ1) is 33.6. The molecule has 2 heterocycles. The third-order valence-electron chi connectivity index (χ3n) is 12.4. The van der Waals surface area contributed by atoms with Gasteiger partial charge in [0.15, 0.2) is 0 Å². The lowest BCUT2D eigenvalue weighted by atomic mass is 9.99. The van der Waals surface area contributed by atoms with Crippen molar-refractivity contribution in [2.45, 2.75) is 104 Å². The number of nitrogens with zero attached hydrogens (tertiary/aromatic N) is 8. The number of rotatable bonds is 24. The fourth-order valence-corrected chi connectivity index (χ4v) is 8.35. The molecule has 6 aromatic carbocycles. The van der Waals surface area contributed by atoms with E-state index in [2.05, 4.69) is 121 Å². The summed E-state index contributed by atoms with van der Waals surface area (Å²) < 4.78 is 3.31. The normalized spacial score (nSPS) is 11.7. The molecule has 0 bridgehead atoms. The van der Waals surface area contributed by atoms with Crippen LogP contribution in [0, 0.1) is 0 Å². The molecule has 0 aliphatic heterocycles. The number of azo groups is 1. The third kappa shape index (κ3) is 13.6. The second-order valence-corrected chi connectivity index (χ2v) is 17.6. The molecule has 0 atom stereocenters. The van der Waals surface area contributed by atoms with Gasteiger partial charge in [0.1, 0.15) is 0 Å². The monoisotopic (exact) mass is 897 g/mol. The average Bonchev–Trinajstić information content (AvgIpc) is 4.01. The van der Waals surface area contributed by atoms with Gasteiger partial charge in [-0.25, -0.2) is 19.3 Å². The molecular weight excluding hydrogens is 833 g/mol. The van der Waals surface area contributed by atoms with Gasteiger partial charge >= 0.3 is 0 Å². The molecule has 68 heavy (non-hydrogen) atoms. The van der Waals surface area contributed by atoms with E-state index in [9.17, 15) is 0 Å². The zero-order valence-corrected chi connectivity index (χ0v) is 39.8. The van der Waals surface area contributed by atoms with Crippen LogP contribution >= 0.6 is 0 Å². The Bertz CT molecular complexity index is 2620. The quantitative estimate of drug-likeness (QED) is 0.0344. The summed E-state index contributed by atoms with van der Waals surface area (Å²) in [6.45, 7) is 4.54. The Hall–Kier alpha value is -7.32. The van der Waals surface area contributed by atoms with Crippen molar-refractivity contribution in [1.82, 2.24) is 19.3 Å². The van der Waals surface area contributed by atoms with Gasteiger partial charge in [-0.05, 0) is 70.2 Å². The van der Waals surface area contributed by atoms with Crippen LogP contribution in [0.4, 0.5) is 11.9 Å². The summed E-state index contributed by atoms with van der Waals surface area (Å²) in [6, 6.07) is 55.0. The molecule has 8 aromatic rings. The van der Waals surface area contributed by atoms with Crippen LogP contribution in [0.3, 0.4) is 0 Å². The maximum Gasteiger partial charge on any atom is 0.270 e. The molecule has 2 aromatic heterocycles. The second kappa shape index (κ2) is 25.0. The van der Waals surface area contributed by atoms with Crippen molar-refractivity contribution in [1.29, 1.82) is 0 Å². The zero-order chi connectivity index (χ0) is 46.6. The van der Waals surface area contributed by atoms with Crippen LogP contribution in [-0.2, 0) is 12.8 Å². The van der Waals surface area contributed by atoms with Crippen LogP contribution in [0.15, 0.2) is 191 Å². The van der Waals surface area contributed by atoms with E-state index in [0.29, 0.717) is 11.9 Å². The van der Waals surface area contributed by atoms with E-state index in [1.807, 2.05) is 73.1 Å². The molecule has 0 spiro atoms. The van der Waals surface area contributed by atoms with Crippen LogP contribution in [-0.4, -0.2) is 31.7 Å². The van der Waals surface area contributed by atoms with Crippen molar-refractivity contribution in [2.75, 3.05) is 0 Å². The first kappa shape index (κ1) is 47.2. The van der Waals surface area contributed by atoms with E-state index < -0.39 is 0 Å². The van der Waals surface area contributed by atoms with Crippen molar-refractivity contribution >= 4 is 24.3 Å². The lowest BCUT2D eigenvalue weighted by molar-refractivity contribution is 0.607. The van der Waals surface area contributed by atoms with Crippen LogP contribution in [0.1, 0.15) is 113 Å². The van der Waals surface area contributed by atoms with Gasteiger partial charge in [0.2, 0.25) is 0 Å². The Morgan fingerprint density at radius 3 is 1.06 bits per heavy atom. The van der Waals surface area contributed by atoms with Crippen molar-refractivity contribution in [3.8, 4) is 44.8 Å². The Morgan fingerprint density at radius 2 is 0.691 bits per heavy atom. The van der Waals surface area contributed by atoms with Gasteiger partial charge in [0.25, 0.3) is 11.9 Å². The third-order valence-corrected chi connectivity index (χ3v) is 12.4. The average molecular weight is 897 g/mol. The maximum atomic E-state index is 4.95. The van der Waals surface area contributed by atoms with Crippen LogP contribution in [0.5, 0.6) is 0 Å². The van der Waals surface area contributed by atoms with Gasteiger partial charge in [-0.2, -0.15) is 10.2 Å². The topological polar surface area (TPSA) is 85.1 Å². The summed E-state index contributed by atoms with van der Waals surface area (Å²) >= 11 is 0. The molecule has 0 N–H and O–H groups in total. The second-order valence-electron chi connectivity index (χ2n) is 17.6. The van der Waals surface area contributed by atoms with Crippen LogP contribution in [0.2, 0.25) is 0 Å². The number of unbranched alkanes of at least 4 members (excludes halogenated alkanes) is 10. The molecule has 0 fully saturated rings. The fourth-order valence-electron chi connectivity index (χ4n) is 8.35. The molecule has 8 nitrogen and oxygen atoms in total. The maximum absolute atomic E-state index is 4.95. The number of imidazole rings is 2. The van der Waals surface area contributed by atoms with Gasteiger partial charge in [-0.1, -0.05) is 236 Å². The van der Waals surface area contributed by atoms with Crippen molar-refractivity contribution in [2.24, 2.45) is 20.4 Å². The van der Waals surface area contributed by atoms with E-state index in [0.717, 1.165) is 57.6 Å². The van der Waals surface area contributed by atoms with Gasteiger partial charge < -0.3 is 0 Å². The molecule has 0 aliphatic rings. The Labute approximate surface area is 403 Å². The SMILES string of the molecule is CCCCCCCCc1ccc(-c2ccc(-c3cn(/N=C\c4ccccc4)c(N=Nc4nc(-c5ccc(-c6ccc(CCCCCCCC)cc6)cc5)cn4/N=C\c4ccccc4)n3)cc2)cc1. The zero-order valence-electron chi connectivity index (χ0n) is 39.8. The van der Waals surface area contributed by atoms with Gasteiger partial charge in [-0.15, -0.1) is 10.2 Å². The molecule has 0 radical (unpaired) electrons. The highest BCUT2D eigenvalue weighted by atomic mass is 15.5. The Morgan fingerprint density at radius 1 is 0.368 bits per heavy atom. The molecule has 8 rings (SSSR count). The standard InChI is InChI=1S/C60H64N8/c1-3-5-7-9-11-15-21-47-27-31-51(32-28-47)53-35-39-55(40-36-53)57-45-67(61-43-49-23-17-13-18-24-49)59(63-57)65-66-60-64-58(46-68(60)62-44-50-25-19-14-20-26-50)56-41-37-54(38-42-56)52-33-29-48(30-34-52)22-16-12-10-8-6-4-2/h13-14,17-20,23-46H,3-12,15-16,21-22H2,1-2H3/b61-43-,62-44-,66-65?. The van der Waals surface area contributed by atoms with E-state index in [1.165, 1.54) is 99.3 Å². The van der Waals surface area contributed by atoms with Crippen molar-refractivity contribution in [3.63, 3.8) is 0 Å². The summed E-state index contributed by atoms with van der Waals surface area (Å²) in [4.78, 5) is 9.89. The molecule has 8 heteroatoms. The van der Waals surface area contributed by atoms with Gasteiger partial charge in [-0.3, -0.25) is 0 Å². The molecule has 0 aliphatic carbocycles. The highest BCUT2D eigenvalue weighted by Crippen LogP contribution is 2.30. The number of hydrogen-bond donors (Lipinski definition) is 0. The minimum absolute atomic E-state index is 0.308. The smallest absolute Gasteiger partial charge is 0.208 e. The number of aromatic nitrogens is 4. The molecule has 0 unspecified atom stereocenters. The molecular formula is C60H64N8. The molecule has 344 valence electrons. The minimum Gasteiger partial charge on any atom is -0.208 e. The first-order valence-electron chi connectivity index (χ1n) is 24.8. The Balaban J connectivity index is 1.02. The summed E-state index contributed by atoms with van der Waals surface area (Å²) in [6.07, 6.45) is 25.4. The summed E-state index contributed by atoms with van der Waals surface area (Å²) in [5, 5.41) is 18.9. The van der Waals surface area contributed by atoms with E-state index in [-0.39, 0.29) is 0 Å². The van der Waals surface area contributed by atoms with Gasteiger partial charge in [0, 0.05) is 11.1 Å². The first-order valence-corrected chi connectivity index (χ1v) is 24.8. The lowest BCUT2D eigenvalue weighted by Crippen LogP contribution is -1.90. The predicted octanol–water partition coefficient (Wildman–Crippen LogP) is 16.7. The van der Waals surface area contributed by atoms with Crippen molar-refractivity contribution < 1.29 is 0 Å². The van der Waals surface area contributed by atoms with E-state index in [4.69, 9.17) is 20.2 Å². The van der Waals surface area contributed by atoms with E-state index >= 15 is 0 Å². The summed E-state index contributed by atoms with van der Waals surface area (Å²) in [5.41, 5.74) is 12.7. The Kier molecular flexibility index (Phi) is 17.3. The molecule has 0 saturated carbocycles. The summed E-state index contributed by atoms with van der Waals surface area (Å²) in [5.74, 6) is 0.616. The number of benzene rings is 6. The fraction of sp³-hybridized carbons (Fsp3) is 0.267.